The third-order valence-electron chi connectivity index (χ3n) is 6.02. The van der Waals surface area contributed by atoms with Crippen LogP contribution in [-0.4, -0.2) is 16.7 Å². The normalized spacial score (nSPS) is 13.8. The van der Waals surface area contributed by atoms with Crippen molar-refractivity contribution in [2.75, 3.05) is 5.32 Å². The lowest BCUT2D eigenvalue weighted by Gasteiger charge is -2.16. The monoisotopic (exact) mass is 432 g/mol. The second-order valence-corrected chi connectivity index (χ2v) is 8.45. The molecular weight excluding hydrogens is 408 g/mol. The van der Waals surface area contributed by atoms with Crippen LogP contribution in [0.2, 0.25) is 0 Å². The molecule has 4 nitrogen and oxygen atoms in total. The molecule has 0 unspecified atom stereocenters. The van der Waals surface area contributed by atoms with Gasteiger partial charge in [-0.05, 0) is 36.4 Å². The molecular formula is C29H24N2O2. The van der Waals surface area contributed by atoms with Gasteiger partial charge in [0.1, 0.15) is 5.70 Å². The number of amides is 2. The Morgan fingerprint density at radius 3 is 2.06 bits per heavy atom. The zero-order chi connectivity index (χ0) is 22.9. The summed E-state index contributed by atoms with van der Waals surface area (Å²) in [6, 6.07) is 29.5. The molecule has 0 bridgehead atoms. The minimum absolute atomic E-state index is 0.230. The molecule has 0 fully saturated rings. The summed E-state index contributed by atoms with van der Waals surface area (Å²) in [5.74, 6) is -0.601. The van der Waals surface area contributed by atoms with Crippen LogP contribution in [0, 0.1) is 13.8 Å². The lowest BCUT2D eigenvalue weighted by molar-refractivity contribution is -0.137. The van der Waals surface area contributed by atoms with E-state index in [-0.39, 0.29) is 18.4 Å². The summed E-state index contributed by atoms with van der Waals surface area (Å²) in [6.07, 6.45) is 0. The molecule has 0 spiro atoms. The van der Waals surface area contributed by atoms with E-state index in [2.05, 4.69) is 5.32 Å². The average molecular weight is 433 g/mol. The molecule has 0 saturated heterocycles. The van der Waals surface area contributed by atoms with Crippen LogP contribution in [0.3, 0.4) is 0 Å². The number of benzene rings is 4. The fourth-order valence-corrected chi connectivity index (χ4v) is 4.17. The Labute approximate surface area is 193 Å². The summed E-state index contributed by atoms with van der Waals surface area (Å²) in [5, 5.41) is 5.38. The third kappa shape index (κ3) is 3.92. The van der Waals surface area contributed by atoms with Gasteiger partial charge in [-0.15, -0.1) is 0 Å². The topological polar surface area (TPSA) is 49.4 Å². The first kappa shape index (κ1) is 20.7. The van der Waals surface area contributed by atoms with E-state index in [1.54, 1.807) is 0 Å². The summed E-state index contributed by atoms with van der Waals surface area (Å²) in [6.45, 7) is 4.24. The van der Waals surface area contributed by atoms with Crippen molar-refractivity contribution in [1.82, 2.24) is 4.90 Å². The smallest absolute Gasteiger partial charge is 0.278 e. The number of aryl methyl sites for hydroxylation is 2. The number of imide groups is 1. The first-order valence-electron chi connectivity index (χ1n) is 11.0. The molecule has 0 atom stereocenters. The van der Waals surface area contributed by atoms with Crippen molar-refractivity contribution in [2.45, 2.75) is 20.4 Å². The lowest BCUT2D eigenvalue weighted by Crippen LogP contribution is -2.32. The van der Waals surface area contributed by atoms with Gasteiger partial charge in [-0.2, -0.15) is 0 Å². The molecule has 0 radical (unpaired) electrons. The van der Waals surface area contributed by atoms with Crippen molar-refractivity contribution < 1.29 is 9.59 Å². The van der Waals surface area contributed by atoms with Crippen LogP contribution in [0.15, 0.2) is 96.7 Å². The number of carbonyl (C=O) groups excluding carboxylic acids is 2. The Kier molecular flexibility index (Phi) is 5.27. The molecule has 0 aromatic heterocycles. The van der Waals surface area contributed by atoms with Gasteiger partial charge in [-0.3, -0.25) is 14.5 Å². The highest BCUT2D eigenvalue weighted by atomic mass is 16.2. The molecule has 162 valence electrons. The predicted molar refractivity (Wildman–Crippen MR) is 132 cm³/mol. The summed E-state index contributed by atoms with van der Waals surface area (Å²) >= 11 is 0. The number of hydrogen-bond donors (Lipinski definition) is 1. The Morgan fingerprint density at radius 1 is 0.697 bits per heavy atom. The number of hydrogen-bond acceptors (Lipinski definition) is 3. The molecule has 0 saturated carbocycles. The molecule has 1 aliphatic heterocycles. The molecule has 0 aliphatic carbocycles. The van der Waals surface area contributed by atoms with Crippen LogP contribution in [-0.2, 0) is 16.1 Å². The molecule has 1 heterocycles. The van der Waals surface area contributed by atoms with E-state index in [1.807, 2.05) is 105 Å². The van der Waals surface area contributed by atoms with Gasteiger partial charge in [0, 0.05) is 11.1 Å². The SMILES string of the molecule is Cc1ccc(CN2C(=O)C(Nc3cccc4ccccc34)=C(c3ccc(C)cc3)C2=O)cc1. The quantitative estimate of drug-likeness (QED) is 0.403. The zero-order valence-corrected chi connectivity index (χ0v) is 18.6. The molecule has 1 aliphatic rings. The maximum atomic E-state index is 13.6. The van der Waals surface area contributed by atoms with E-state index >= 15 is 0 Å². The molecule has 4 aromatic carbocycles. The Balaban J connectivity index is 1.58. The number of rotatable bonds is 5. The lowest BCUT2D eigenvalue weighted by atomic mass is 10.0. The Hall–Kier alpha value is -4.18. The largest absolute Gasteiger partial charge is 0.350 e. The number of nitrogens with zero attached hydrogens (tertiary/aromatic N) is 1. The van der Waals surface area contributed by atoms with Crippen molar-refractivity contribution >= 4 is 33.8 Å². The highest BCUT2D eigenvalue weighted by Gasteiger charge is 2.39. The highest BCUT2D eigenvalue weighted by Crippen LogP contribution is 2.33. The number of anilines is 1. The fraction of sp³-hybridized carbons (Fsp3) is 0.103. The van der Waals surface area contributed by atoms with Gasteiger partial charge in [0.25, 0.3) is 11.8 Å². The minimum atomic E-state index is -0.316. The predicted octanol–water partition coefficient (Wildman–Crippen LogP) is 5.85. The van der Waals surface area contributed by atoms with E-state index in [0.29, 0.717) is 11.3 Å². The summed E-state index contributed by atoms with van der Waals surface area (Å²) < 4.78 is 0. The molecule has 33 heavy (non-hydrogen) atoms. The van der Waals surface area contributed by atoms with Crippen LogP contribution in [0.1, 0.15) is 22.3 Å². The van der Waals surface area contributed by atoms with Crippen molar-refractivity contribution in [3.05, 3.63) is 119 Å². The average Bonchev–Trinajstić information content (AvgIpc) is 3.05. The van der Waals surface area contributed by atoms with Crippen LogP contribution >= 0.6 is 0 Å². The van der Waals surface area contributed by atoms with Gasteiger partial charge in [-0.25, -0.2) is 0 Å². The first-order valence-corrected chi connectivity index (χ1v) is 11.0. The molecule has 2 amide bonds. The van der Waals surface area contributed by atoms with Crippen molar-refractivity contribution in [3.8, 4) is 0 Å². The summed E-state index contributed by atoms with van der Waals surface area (Å²) in [7, 11) is 0. The van der Waals surface area contributed by atoms with E-state index in [0.717, 1.165) is 38.7 Å². The second-order valence-electron chi connectivity index (χ2n) is 8.45. The van der Waals surface area contributed by atoms with E-state index in [4.69, 9.17) is 0 Å². The van der Waals surface area contributed by atoms with Crippen molar-refractivity contribution in [1.29, 1.82) is 0 Å². The van der Waals surface area contributed by atoms with Gasteiger partial charge in [0.2, 0.25) is 0 Å². The van der Waals surface area contributed by atoms with E-state index < -0.39 is 0 Å². The van der Waals surface area contributed by atoms with Gasteiger partial charge in [0.05, 0.1) is 12.1 Å². The van der Waals surface area contributed by atoms with E-state index in [9.17, 15) is 9.59 Å². The molecule has 4 aromatic rings. The molecule has 1 N–H and O–H groups in total. The second kappa shape index (κ2) is 8.40. The van der Waals surface area contributed by atoms with Gasteiger partial charge in [0.15, 0.2) is 0 Å². The molecule has 4 heteroatoms. The standard InChI is InChI=1S/C29H24N2O2/c1-19-10-14-21(15-11-19)18-31-28(32)26(23-16-12-20(2)13-17-23)27(29(31)33)30-25-9-5-7-22-6-3-4-8-24(22)25/h3-17,30H,18H2,1-2H3. The van der Waals surface area contributed by atoms with E-state index in [1.165, 1.54) is 4.90 Å². The van der Waals surface area contributed by atoms with Crippen LogP contribution in [0.4, 0.5) is 5.69 Å². The maximum absolute atomic E-state index is 13.6. The highest BCUT2D eigenvalue weighted by molar-refractivity contribution is 6.36. The first-order chi connectivity index (χ1) is 16.0. The number of nitrogens with one attached hydrogen (secondary N) is 1. The van der Waals surface area contributed by atoms with Crippen LogP contribution in [0.25, 0.3) is 16.3 Å². The van der Waals surface area contributed by atoms with Gasteiger partial charge < -0.3 is 5.32 Å². The van der Waals surface area contributed by atoms with Gasteiger partial charge >= 0.3 is 0 Å². The number of fused-ring (bicyclic) bond motifs is 1. The van der Waals surface area contributed by atoms with Crippen molar-refractivity contribution in [3.63, 3.8) is 0 Å². The van der Waals surface area contributed by atoms with Crippen molar-refractivity contribution in [2.24, 2.45) is 0 Å². The Bertz CT molecular complexity index is 1390. The van der Waals surface area contributed by atoms with Crippen LogP contribution < -0.4 is 5.32 Å². The Morgan fingerprint density at radius 2 is 1.33 bits per heavy atom. The summed E-state index contributed by atoms with van der Waals surface area (Å²) in [5.41, 5.74) is 5.38. The van der Waals surface area contributed by atoms with Crippen LogP contribution in [0.5, 0.6) is 0 Å². The molecule has 5 rings (SSSR count). The maximum Gasteiger partial charge on any atom is 0.278 e. The summed E-state index contributed by atoms with van der Waals surface area (Å²) in [4.78, 5) is 28.4. The third-order valence-corrected chi connectivity index (χ3v) is 6.02. The fourth-order valence-electron chi connectivity index (χ4n) is 4.17. The number of carbonyl (C=O) groups is 2. The van der Waals surface area contributed by atoms with Gasteiger partial charge in [-0.1, -0.05) is 96.1 Å². The minimum Gasteiger partial charge on any atom is -0.350 e. The zero-order valence-electron chi connectivity index (χ0n) is 18.6.